The van der Waals surface area contributed by atoms with E-state index in [4.69, 9.17) is 16.3 Å². The van der Waals surface area contributed by atoms with Crippen molar-refractivity contribution < 1.29 is 28.2 Å². The third-order valence-electron chi connectivity index (χ3n) is 7.40. The molecule has 0 aliphatic rings. The number of sulfone groups is 1. The molecule has 0 saturated carbocycles. The average Bonchev–Trinajstić information content (AvgIpc) is 3.05. The molecule has 45 heavy (non-hydrogen) atoms. The van der Waals surface area contributed by atoms with Gasteiger partial charge in [-0.25, -0.2) is 13.2 Å². The Kier molecular flexibility index (Phi) is 10.3. The van der Waals surface area contributed by atoms with Crippen molar-refractivity contribution in [2.75, 3.05) is 6.54 Å². The number of aromatic carboxylic acids is 1. The first-order chi connectivity index (χ1) is 21.7. The number of carboxylic acid groups (broad SMARTS) is 1. The van der Waals surface area contributed by atoms with Gasteiger partial charge in [-0.1, -0.05) is 78.3 Å². The van der Waals surface area contributed by atoms with Crippen molar-refractivity contribution >= 4 is 27.4 Å². The van der Waals surface area contributed by atoms with Gasteiger partial charge in [0, 0.05) is 11.1 Å². The third kappa shape index (κ3) is 8.17. The van der Waals surface area contributed by atoms with Gasteiger partial charge in [-0.2, -0.15) is 0 Å². The molecule has 7 nitrogen and oxygen atoms in total. The largest absolute Gasteiger partial charge is 0.478 e. The van der Waals surface area contributed by atoms with Gasteiger partial charge in [0.2, 0.25) is 9.84 Å². The van der Waals surface area contributed by atoms with E-state index in [0.717, 1.165) is 16.7 Å². The van der Waals surface area contributed by atoms with E-state index in [1.807, 2.05) is 42.5 Å². The Labute approximate surface area is 267 Å². The first kappa shape index (κ1) is 31.9. The fourth-order valence-corrected chi connectivity index (χ4v) is 6.47. The summed E-state index contributed by atoms with van der Waals surface area (Å²) in [4.78, 5) is 11.7. The summed E-state index contributed by atoms with van der Waals surface area (Å²) in [5.41, 5.74) is 2.77. The van der Waals surface area contributed by atoms with Gasteiger partial charge in [-0.3, -0.25) is 0 Å². The molecule has 5 aromatic carbocycles. The van der Waals surface area contributed by atoms with Crippen LogP contribution in [0.5, 0.6) is 11.5 Å². The average molecular weight is 642 g/mol. The van der Waals surface area contributed by atoms with Gasteiger partial charge < -0.3 is 20.3 Å². The molecule has 9 heteroatoms. The molecule has 5 rings (SSSR count). The van der Waals surface area contributed by atoms with E-state index in [9.17, 15) is 23.4 Å². The summed E-state index contributed by atoms with van der Waals surface area (Å²) in [6.07, 6.45) is 0.458. The molecule has 5 aromatic rings. The van der Waals surface area contributed by atoms with Gasteiger partial charge in [0.15, 0.2) is 0 Å². The fraction of sp³-hybridized carbons (Fsp3) is 0.139. The van der Waals surface area contributed by atoms with Gasteiger partial charge in [-0.15, -0.1) is 0 Å². The monoisotopic (exact) mass is 641 g/mol. The van der Waals surface area contributed by atoms with Crippen molar-refractivity contribution in [3.8, 4) is 11.5 Å². The second kappa shape index (κ2) is 14.5. The van der Waals surface area contributed by atoms with Crippen molar-refractivity contribution in [3.05, 3.63) is 155 Å². The van der Waals surface area contributed by atoms with E-state index in [0.29, 0.717) is 30.2 Å². The number of para-hydroxylation sites is 1. The molecule has 0 amide bonds. The number of hydrogen-bond acceptors (Lipinski definition) is 6. The summed E-state index contributed by atoms with van der Waals surface area (Å²) in [7, 11) is -3.79. The fourth-order valence-electron chi connectivity index (χ4n) is 5.01. The number of benzene rings is 5. The number of rotatable bonds is 13. The Bertz CT molecular complexity index is 1850. The lowest BCUT2D eigenvalue weighted by molar-refractivity contribution is 0.0694. The van der Waals surface area contributed by atoms with Gasteiger partial charge in [-0.05, 0) is 96.7 Å². The molecular weight excluding hydrogens is 610 g/mol. The highest BCUT2D eigenvalue weighted by atomic mass is 35.5. The molecule has 0 fully saturated rings. The molecule has 0 aliphatic heterocycles. The maximum atomic E-state index is 13.3. The minimum atomic E-state index is -3.79. The normalized spacial score (nSPS) is 12.8. The first-order valence-corrected chi connectivity index (χ1v) is 16.2. The quantitative estimate of drug-likeness (QED) is 0.125. The van der Waals surface area contributed by atoms with Crippen LogP contribution in [0.2, 0.25) is 5.02 Å². The van der Waals surface area contributed by atoms with Crippen LogP contribution in [-0.2, 0) is 22.7 Å². The standard InChI is InChI=1S/C36H32ClNO6S/c37-28-10-6-9-27(24-28)35(39)33(23-26-7-2-1-3-8-26)38-22-21-25-13-17-30(18-14-25)45(42,43)31-19-15-29(16-20-31)44-34-12-5-4-11-32(34)36(40)41/h1-20,24,33,35,38-39H,21-23H2,(H,40,41)/t33?,35-/m1/s1. The Morgan fingerprint density at radius 3 is 2.09 bits per heavy atom. The second-order valence-corrected chi connectivity index (χ2v) is 12.9. The minimum Gasteiger partial charge on any atom is -0.478 e. The first-order valence-electron chi connectivity index (χ1n) is 14.4. The number of nitrogens with one attached hydrogen (secondary N) is 1. The Morgan fingerprint density at radius 1 is 0.778 bits per heavy atom. The lowest BCUT2D eigenvalue weighted by Crippen LogP contribution is -2.38. The summed E-state index contributed by atoms with van der Waals surface area (Å²) >= 11 is 6.18. The molecule has 2 atom stereocenters. The zero-order valence-corrected chi connectivity index (χ0v) is 25.8. The predicted octanol–water partition coefficient (Wildman–Crippen LogP) is 7.14. The highest BCUT2D eigenvalue weighted by Gasteiger charge is 2.22. The van der Waals surface area contributed by atoms with Crippen LogP contribution in [0.1, 0.15) is 33.2 Å². The van der Waals surface area contributed by atoms with E-state index < -0.39 is 21.9 Å². The summed E-state index contributed by atoms with van der Waals surface area (Å²) in [6, 6.07) is 35.7. The maximum Gasteiger partial charge on any atom is 0.339 e. The van der Waals surface area contributed by atoms with Crippen molar-refractivity contribution in [1.82, 2.24) is 5.32 Å². The van der Waals surface area contributed by atoms with Crippen molar-refractivity contribution in [2.24, 2.45) is 0 Å². The molecule has 0 radical (unpaired) electrons. The summed E-state index contributed by atoms with van der Waals surface area (Å²) in [6.45, 7) is 0.563. The number of hydrogen-bond donors (Lipinski definition) is 3. The van der Waals surface area contributed by atoms with Crippen molar-refractivity contribution in [2.45, 2.75) is 34.8 Å². The topological polar surface area (TPSA) is 113 Å². The third-order valence-corrected chi connectivity index (χ3v) is 9.42. The SMILES string of the molecule is O=C(O)c1ccccc1Oc1ccc(S(=O)(=O)c2ccc(CCNC(Cc3ccccc3)[C@H](O)c3cccc(Cl)c3)cc2)cc1. The number of carboxylic acids is 1. The van der Waals surface area contributed by atoms with Crippen LogP contribution in [-0.4, -0.2) is 37.2 Å². The van der Waals surface area contributed by atoms with E-state index in [1.54, 1.807) is 48.5 Å². The molecule has 1 unspecified atom stereocenters. The van der Waals surface area contributed by atoms with Crippen molar-refractivity contribution in [3.63, 3.8) is 0 Å². The number of ether oxygens (including phenoxy) is 1. The van der Waals surface area contributed by atoms with Gasteiger partial charge in [0.05, 0.1) is 15.9 Å². The van der Waals surface area contributed by atoms with Gasteiger partial charge >= 0.3 is 5.97 Å². The Morgan fingerprint density at radius 2 is 1.42 bits per heavy atom. The highest BCUT2D eigenvalue weighted by molar-refractivity contribution is 7.91. The minimum absolute atomic E-state index is 0.00786. The zero-order valence-electron chi connectivity index (χ0n) is 24.2. The molecule has 0 heterocycles. The molecule has 0 spiro atoms. The molecule has 0 bridgehead atoms. The van der Waals surface area contributed by atoms with Crippen LogP contribution < -0.4 is 10.1 Å². The summed E-state index contributed by atoms with van der Waals surface area (Å²) in [5, 5.41) is 24.6. The van der Waals surface area contributed by atoms with Crippen molar-refractivity contribution in [1.29, 1.82) is 0 Å². The summed E-state index contributed by atoms with van der Waals surface area (Å²) in [5.74, 6) is -0.640. The number of carbonyl (C=O) groups is 1. The number of aliphatic hydroxyl groups is 1. The lowest BCUT2D eigenvalue weighted by Gasteiger charge is -2.25. The van der Waals surface area contributed by atoms with E-state index in [2.05, 4.69) is 5.32 Å². The molecule has 0 aliphatic carbocycles. The molecule has 230 valence electrons. The van der Waals surface area contributed by atoms with Crippen LogP contribution in [0.3, 0.4) is 0 Å². The predicted molar refractivity (Wildman–Crippen MR) is 174 cm³/mol. The smallest absolute Gasteiger partial charge is 0.339 e. The van der Waals surface area contributed by atoms with Gasteiger partial charge in [0.25, 0.3) is 0 Å². The zero-order chi connectivity index (χ0) is 31.8. The second-order valence-electron chi connectivity index (χ2n) is 10.5. The Balaban J connectivity index is 1.23. The molecule has 3 N–H and O–H groups in total. The highest BCUT2D eigenvalue weighted by Crippen LogP contribution is 2.28. The van der Waals surface area contributed by atoms with Crippen LogP contribution in [0.15, 0.2) is 137 Å². The number of halogens is 1. The van der Waals surface area contributed by atoms with Crippen LogP contribution >= 0.6 is 11.6 Å². The van der Waals surface area contributed by atoms with Crippen LogP contribution in [0.25, 0.3) is 0 Å². The van der Waals surface area contributed by atoms with E-state index in [1.165, 1.54) is 36.4 Å². The lowest BCUT2D eigenvalue weighted by atomic mass is 9.96. The van der Waals surface area contributed by atoms with E-state index in [-0.39, 0.29) is 27.1 Å². The molecule has 0 aromatic heterocycles. The van der Waals surface area contributed by atoms with Crippen LogP contribution in [0, 0.1) is 0 Å². The summed E-state index contributed by atoms with van der Waals surface area (Å²) < 4.78 is 32.3. The molecular formula is C36H32ClNO6S. The maximum absolute atomic E-state index is 13.3. The Hall–Kier alpha value is -4.47. The number of aliphatic hydroxyl groups excluding tert-OH is 1. The van der Waals surface area contributed by atoms with Gasteiger partial charge in [0.1, 0.15) is 17.1 Å². The molecule has 0 saturated heterocycles. The van der Waals surface area contributed by atoms with E-state index >= 15 is 0 Å². The van der Waals surface area contributed by atoms with Crippen LogP contribution in [0.4, 0.5) is 0 Å².